The molecule has 0 aliphatic heterocycles. The fourth-order valence-corrected chi connectivity index (χ4v) is 3.13. The van der Waals surface area contributed by atoms with Crippen molar-refractivity contribution in [2.24, 2.45) is 0 Å². The van der Waals surface area contributed by atoms with E-state index in [1.807, 2.05) is 12.1 Å². The monoisotopic (exact) mass is 439 g/mol. The standard InChI is InChI=1S/C22H16F3N5O2/c23-22(24,25)14-7-8-18(26-11-14)30-15-4-1-3-13(9-15)10-27-20-16-5-2-6-17(21(31)32)19(16)28-12-29-20/h1-9,11-12H,10H2,(H,26,30)(H,31,32)(H,27,28,29). The molecule has 0 saturated heterocycles. The molecule has 2 heterocycles. The van der Waals surface area contributed by atoms with Crippen molar-refractivity contribution in [2.75, 3.05) is 10.6 Å². The van der Waals surface area contributed by atoms with Crippen molar-refractivity contribution in [1.82, 2.24) is 15.0 Å². The Labute approximate surface area is 180 Å². The molecule has 3 N–H and O–H groups in total. The van der Waals surface area contributed by atoms with E-state index in [-0.39, 0.29) is 11.4 Å². The van der Waals surface area contributed by atoms with Gasteiger partial charge >= 0.3 is 12.1 Å². The van der Waals surface area contributed by atoms with Crippen LogP contribution in [0.2, 0.25) is 0 Å². The Hall–Kier alpha value is -4.21. The molecule has 0 fully saturated rings. The van der Waals surface area contributed by atoms with Gasteiger partial charge in [0.15, 0.2) is 0 Å². The zero-order valence-electron chi connectivity index (χ0n) is 16.4. The van der Waals surface area contributed by atoms with E-state index in [4.69, 9.17) is 0 Å². The number of aromatic nitrogens is 3. The Morgan fingerprint density at radius 1 is 1.00 bits per heavy atom. The number of rotatable bonds is 6. The van der Waals surface area contributed by atoms with Gasteiger partial charge in [-0.1, -0.05) is 18.2 Å². The minimum absolute atomic E-state index is 0.0863. The van der Waals surface area contributed by atoms with Crippen LogP contribution in [-0.2, 0) is 12.7 Å². The Morgan fingerprint density at radius 3 is 2.53 bits per heavy atom. The number of nitrogens with zero attached hydrogens (tertiary/aromatic N) is 3. The van der Waals surface area contributed by atoms with Gasteiger partial charge < -0.3 is 15.7 Å². The van der Waals surface area contributed by atoms with Crippen LogP contribution in [0.1, 0.15) is 21.5 Å². The summed E-state index contributed by atoms with van der Waals surface area (Å²) in [5.41, 5.74) is 1.12. The molecule has 0 unspecified atom stereocenters. The number of alkyl halides is 3. The lowest BCUT2D eigenvalue weighted by atomic mass is 10.1. The van der Waals surface area contributed by atoms with Crippen LogP contribution in [0.4, 0.5) is 30.5 Å². The summed E-state index contributed by atoms with van der Waals surface area (Å²) in [6.07, 6.45) is -2.36. The maximum absolute atomic E-state index is 12.7. The number of carboxylic acid groups (broad SMARTS) is 1. The Bertz CT molecular complexity index is 1280. The van der Waals surface area contributed by atoms with E-state index in [1.54, 1.807) is 24.3 Å². The molecule has 2 aromatic heterocycles. The fourth-order valence-electron chi connectivity index (χ4n) is 3.13. The minimum Gasteiger partial charge on any atom is -0.478 e. The van der Waals surface area contributed by atoms with E-state index in [2.05, 4.69) is 25.6 Å². The Morgan fingerprint density at radius 2 is 1.81 bits per heavy atom. The lowest BCUT2D eigenvalue weighted by Gasteiger charge is -2.12. The molecule has 4 aromatic rings. The van der Waals surface area contributed by atoms with Crippen LogP contribution in [0, 0.1) is 0 Å². The predicted octanol–water partition coefficient (Wildman–Crippen LogP) is 5.10. The largest absolute Gasteiger partial charge is 0.478 e. The Balaban J connectivity index is 1.49. The summed E-state index contributed by atoms with van der Waals surface area (Å²) in [6, 6.07) is 14.3. The predicted molar refractivity (Wildman–Crippen MR) is 113 cm³/mol. The van der Waals surface area contributed by atoms with Crippen molar-refractivity contribution in [3.05, 3.63) is 83.8 Å². The average molecular weight is 439 g/mol. The first-order valence-corrected chi connectivity index (χ1v) is 9.41. The number of carbonyl (C=O) groups is 1. The highest BCUT2D eigenvalue weighted by Gasteiger charge is 2.30. The molecular weight excluding hydrogens is 423 g/mol. The number of para-hydroxylation sites is 1. The lowest BCUT2D eigenvalue weighted by Crippen LogP contribution is -2.06. The van der Waals surface area contributed by atoms with Gasteiger partial charge in [0.2, 0.25) is 0 Å². The van der Waals surface area contributed by atoms with Gasteiger partial charge in [0, 0.05) is 23.8 Å². The van der Waals surface area contributed by atoms with E-state index in [0.29, 0.717) is 29.0 Å². The number of benzene rings is 2. The van der Waals surface area contributed by atoms with E-state index < -0.39 is 17.7 Å². The van der Waals surface area contributed by atoms with Crippen LogP contribution < -0.4 is 10.6 Å². The zero-order chi connectivity index (χ0) is 22.7. The average Bonchev–Trinajstić information content (AvgIpc) is 2.77. The third-order valence-electron chi connectivity index (χ3n) is 4.65. The molecule has 0 radical (unpaired) electrons. The molecule has 4 rings (SSSR count). The third kappa shape index (κ3) is 4.59. The summed E-state index contributed by atoms with van der Waals surface area (Å²) in [5.74, 6) is -0.303. The zero-order valence-corrected chi connectivity index (χ0v) is 16.4. The van der Waals surface area contributed by atoms with E-state index in [1.165, 1.54) is 18.5 Å². The fraction of sp³-hybridized carbons (Fsp3) is 0.0909. The van der Waals surface area contributed by atoms with Gasteiger partial charge in [-0.05, 0) is 42.0 Å². The highest BCUT2D eigenvalue weighted by molar-refractivity contribution is 6.04. The van der Waals surface area contributed by atoms with Crippen LogP contribution in [0.5, 0.6) is 0 Å². The van der Waals surface area contributed by atoms with Crippen LogP contribution in [0.3, 0.4) is 0 Å². The summed E-state index contributed by atoms with van der Waals surface area (Å²) in [5, 5.41) is 16.1. The number of hydrogen-bond donors (Lipinski definition) is 3. The van der Waals surface area contributed by atoms with Crippen molar-refractivity contribution < 1.29 is 23.1 Å². The van der Waals surface area contributed by atoms with Crippen LogP contribution in [0.25, 0.3) is 10.9 Å². The van der Waals surface area contributed by atoms with Gasteiger partial charge in [0.05, 0.1) is 16.6 Å². The Kier molecular flexibility index (Phi) is 5.59. The maximum atomic E-state index is 12.7. The van der Waals surface area contributed by atoms with Gasteiger partial charge in [-0.3, -0.25) is 0 Å². The molecule has 32 heavy (non-hydrogen) atoms. The number of anilines is 3. The molecule has 0 aliphatic carbocycles. The van der Waals surface area contributed by atoms with E-state index in [9.17, 15) is 23.1 Å². The molecule has 7 nitrogen and oxygen atoms in total. The van der Waals surface area contributed by atoms with Crippen molar-refractivity contribution >= 4 is 34.2 Å². The summed E-state index contributed by atoms with van der Waals surface area (Å²) < 4.78 is 38.0. The molecule has 10 heteroatoms. The first-order valence-electron chi connectivity index (χ1n) is 9.41. The summed E-state index contributed by atoms with van der Waals surface area (Å²) in [7, 11) is 0. The van der Waals surface area contributed by atoms with Crippen molar-refractivity contribution in [3.8, 4) is 0 Å². The van der Waals surface area contributed by atoms with Gasteiger partial charge in [0.1, 0.15) is 18.0 Å². The number of nitrogens with one attached hydrogen (secondary N) is 2. The molecule has 0 spiro atoms. The van der Waals surface area contributed by atoms with Crippen molar-refractivity contribution in [2.45, 2.75) is 12.7 Å². The molecule has 2 aromatic carbocycles. The van der Waals surface area contributed by atoms with Crippen LogP contribution in [0.15, 0.2) is 67.1 Å². The molecule has 0 aliphatic rings. The summed E-state index contributed by atoms with van der Waals surface area (Å²) >= 11 is 0. The third-order valence-corrected chi connectivity index (χ3v) is 4.65. The number of aromatic carboxylic acids is 1. The smallest absolute Gasteiger partial charge is 0.417 e. The van der Waals surface area contributed by atoms with Gasteiger partial charge in [-0.25, -0.2) is 19.7 Å². The number of hydrogen-bond acceptors (Lipinski definition) is 6. The SMILES string of the molecule is O=C(O)c1cccc2c(NCc3cccc(Nc4ccc(C(F)(F)F)cn4)c3)ncnc12. The molecule has 0 saturated carbocycles. The normalized spacial score (nSPS) is 11.3. The summed E-state index contributed by atoms with van der Waals surface area (Å²) in [6.45, 7) is 0.374. The molecular formula is C22H16F3N5O2. The number of fused-ring (bicyclic) bond motifs is 1. The highest BCUT2D eigenvalue weighted by atomic mass is 19.4. The highest BCUT2D eigenvalue weighted by Crippen LogP contribution is 2.29. The van der Waals surface area contributed by atoms with Gasteiger partial charge in [0.25, 0.3) is 0 Å². The number of halogens is 3. The maximum Gasteiger partial charge on any atom is 0.417 e. The van der Waals surface area contributed by atoms with Crippen molar-refractivity contribution in [1.29, 1.82) is 0 Å². The van der Waals surface area contributed by atoms with Crippen LogP contribution >= 0.6 is 0 Å². The van der Waals surface area contributed by atoms with Gasteiger partial charge in [-0.15, -0.1) is 0 Å². The number of pyridine rings is 1. The first-order chi connectivity index (χ1) is 15.3. The minimum atomic E-state index is -4.44. The second-order valence-electron chi connectivity index (χ2n) is 6.84. The number of carboxylic acids is 1. The van der Waals surface area contributed by atoms with Crippen molar-refractivity contribution in [3.63, 3.8) is 0 Å². The summed E-state index contributed by atoms with van der Waals surface area (Å²) in [4.78, 5) is 23.5. The molecule has 162 valence electrons. The van der Waals surface area contributed by atoms with Crippen LogP contribution in [-0.4, -0.2) is 26.0 Å². The topological polar surface area (TPSA) is 100 Å². The lowest BCUT2D eigenvalue weighted by molar-refractivity contribution is -0.137. The van der Waals surface area contributed by atoms with Gasteiger partial charge in [-0.2, -0.15) is 13.2 Å². The molecule has 0 amide bonds. The second kappa shape index (κ2) is 8.50. The molecule has 0 atom stereocenters. The van der Waals surface area contributed by atoms with E-state index >= 15 is 0 Å². The first kappa shape index (κ1) is 21.0. The second-order valence-corrected chi connectivity index (χ2v) is 6.84. The quantitative estimate of drug-likeness (QED) is 0.384. The molecule has 0 bridgehead atoms. The van der Waals surface area contributed by atoms with E-state index in [0.717, 1.165) is 17.8 Å².